The fourth-order valence-corrected chi connectivity index (χ4v) is 7.08. The Morgan fingerprint density at radius 2 is 1.65 bits per heavy atom. The first kappa shape index (κ1) is 38.1. The van der Waals surface area contributed by atoms with Crippen LogP contribution in [0.1, 0.15) is 50.2 Å². The van der Waals surface area contributed by atoms with E-state index in [-0.39, 0.29) is 50.5 Å². The van der Waals surface area contributed by atoms with Crippen molar-refractivity contribution in [2.45, 2.75) is 81.8 Å². The molecule has 4 rings (SSSR count). The number of hydrogen-bond donors (Lipinski definition) is 3. The maximum Gasteiger partial charge on any atom is 0.471 e. The predicted octanol–water partition coefficient (Wildman–Crippen LogP) is 4.01. The summed E-state index contributed by atoms with van der Waals surface area (Å²) in [6.07, 6.45) is -3.63. The highest BCUT2D eigenvalue weighted by atomic mass is 35.5. The van der Waals surface area contributed by atoms with E-state index in [1.165, 1.54) is 24.1 Å². The molecular weight excluding hydrogens is 670 g/mol. The van der Waals surface area contributed by atoms with E-state index in [0.717, 1.165) is 22.6 Å². The van der Waals surface area contributed by atoms with E-state index >= 15 is 0 Å². The van der Waals surface area contributed by atoms with Gasteiger partial charge in [0.15, 0.2) is 5.66 Å². The van der Waals surface area contributed by atoms with Gasteiger partial charge in [0.25, 0.3) is 5.91 Å². The van der Waals surface area contributed by atoms with Crippen LogP contribution >= 0.6 is 11.6 Å². The number of nitrogens with zero attached hydrogens (tertiary/aromatic N) is 3. The third kappa shape index (κ3) is 9.08. The number of alkyl halides is 3. The molecule has 4 atom stereocenters. The Morgan fingerprint density at radius 3 is 2.24 bits per heavy atom. The number of amides is 3. The minimum Gasteiger partial charge on any atom is -0.480 e. The van der Waals surface area contributed by atoms with E-state index in [2.05, 4.69) is 5.32 Å². The van der Waals surface area contributed by atoms with Crippen LogP contribution in [-0.2, 0) is 32.0 Å². The third-order valence-corrected chi connectivity index (χ3v) is 9.59. The summed E-state index contributed by atoms with van der Waals surface area (Å²) in [6.45, 7) is 2.20. The van der Waals surface area contributed by atoms with Crippen LogP contribution in [0.15, 0.2) is 48.5 Å². The molecule has 2 saturated heterocycles. The van der Waals surface area contributed by atoms with Gasteiger partial charge in [0.2, 0.25) is 5.91 Å². The van der Waals surface area contributed by atoms with Crippen molar-refractivity contribution in [3.05, 3.63) is 70.5 Å². The Hall–Kier alpha value is -3.75. The molecule has 15 heteroatoms. The Bertz CT molecular complexity index is 1480. The first-order valence-electron chi connectivity index (χ1n) is 16.3. The van der Waals surface area contributed by atoms with Crippen molar-refractivity contribution >= 4 is 35.3 Å². The van der Waals surface area contributed by atoms with Crippen molar-refractivity contribution < 1.29 is 41.8 Å². The molecule has 268 valence electrons. The second-order valence-electron chi connectivity index (χ2n) is 12.5. The monoisotopic (exact) mass is 711 g/mol. The normalized spacial score (nSPS) is 20.8. The van der Waals surface area contributed by atoms with Crippen LogP contribution in [0.4, 0.5) is 17.6 Å². The van der Waals surface area contributed by atoms with Crippen LogP contribution in [0.25, 0.3) is 0 Å². The van der Waals surface area contributed by atoms with Crippen molar-refractivity contribution in [3.63, 3.8) is 0 Å². The third-order valence-electron chi connectivity index (χ3n) is 9.34. The molecule has 10 nitrogen and oxygen atoms in total. The maximum atomic E-state index is 14.9. The summed E-state index contributed by atoms with van der Waals surface area (Å²) in [5.74, 6) is -5.48. The van der Waals surface area contributed by atoms with E-state index in [1.54, 1.807) is 12.1 Å². The Kier molecular flexibility index (Phi) is 12.7. The number of rotatable bonds is 13. The van der Waals surface area contributed by atoms with Crippen LogP contribution in [0.3, 0.4) is 0 Å². The molecule has 2 aromatic rings. The van der Waals surface area contributed by atoms with Gasteiger partial charge >= 0.3 is 18.1 Å². The van der Waals surface area contributed by atoms with Gasteiger partial charge in [-0.05, 0) is 67.5 Å². The van der Waals surface area contributed by atoms with Gasteiger partial charge in [0, 0.05) is 50.7 Å². The lowest BCUT2D eigenvalue weighted by molar-refractivity contribution is -0.183. The molecule has 0 bridgehead atoms. The molecule has 0 spiro atoms. The summed E-state index contributed by atoms with van der Waals surface area (Å²) in [4.78, 5) is 57.7. The lowest BCUT2D eigenvalue weighted by Crippen LogP contribution is -2.75. The van der Waals surface area contributed by atoms with Crippen LogP contribution in [-0.4, -0.2) is 107 Å². The molecule has 2 aliphatic heterocycles. The van der Waals surface area contributed by atoms with Crippen molar-refractivity contribution in [1.29, 1.82) is 0 Å². The van der Waals surface area contributed by atoms with E-state index in [4.69, 9.17) is 11.6 Å². The van der Waals surface area contributed by atoms with Gasteiger partial charge in [-0.3, -0.25) is 29.0 Å². The van der Waals surface area contributed by atoms with Crippen LogP contribution in [0.5, 0.6) is 0 Å². The molecule has 3 N–H and O–H groups in total. The molecular formula is C34H42ClF4N5O5. The number of carboxylic acids is 1. The molecule has 0 saturated carbocycles. The molecule has 2 fully saturated rings. The zero-order chi connectivity index (χ0) is 35.9. The minimum atomic E-state index is -5.39. The number of hydrogen-bond acceptors (Lipinski definition) is 6. The van der Waals surface area contributed by atoms with Crippen molar-refractivity contribution in [2.75, 3.05) is 33.2 Å². The molecule has 2 aromatic carbocycles. The number of halogens is 5. The number of nitrogens with one attached hydrogen (secondary N) is 2. The molecule has 49 heavy (non-hydrogen) atoms. The van der Waals surface area contributed by atoms with Gasteiger partial charge in [-0.2, -0.15) is 13.2 Å². The number of piperazine rings is 1. The summed E-state index contributed by atoms with van der Waals surface area (Å²) in [5.41, 5.74) is -1.27. The Balaban J connectivity index is 1.73. The van der Waals surface area contributed by atoms with Crippen molar-refractivity contribution in [1.82, 2.24) is 25.3 Å². The van der Waals surface area contributed by atoms with Crippen molar-refractivity contribution in [2.24, 2.45) is 0 Å². The number of aryl methyl sites for hydroxylation is 1. The minimum absolute atomic E-state index is 0.00340. The molecule has 4 unspecified atom stereocenters. The summed E-state index contributed by atoms with van der Waals surface area (Å²) in [5, 5.41) is 15.3. The number of aliphatic carboxylic acids is 1. The molecule has 0 aromatic heterocycles. The van der Waals surface area contributed by atoms with Gasteiger partial charge in [0.1, 0.15) is 11.9 Å². The smallest absolute Gasteiger partial charge is 0.471 e. The van der Waals surface area contributed by atoms with E-state index in [9.17, 15) is 41.8 Å². The number of likely N-dealkylation sites (N-methyl/N-ethyl adjacent to an activating group) is 1. The zero-order valence-electron chi connectivity index (χ0n) is 27.4. The first-order chi connectivity index (χ1) is 23.2. The second-order valence-corrected chi connectivity index (χ2v) is 13.0. The lowest BCUT2D eigenvalue weighted by atomic mass is 9.92. The SMILES string of the molecule is CCCC1CN(C(CCc2ccc(Cl)cc2)C(=O)NC)CCN1C(=O)C(Cc1ccc(F)cc1)(NC(=O)C(F)(F)F)N1CCCC1C(=O)O. The summed E-state index contributed by atoms with van der Waals surface area (Å²) < 4.78 is 55.6. The lowest BCUT2D eigenvalue weighted by Gasteiger charge is -2.50. The Morgan fingerprint density at radius 1 is 1.00 bits per heavy atom. The summed E-state index contributed by atoms with van der Waals surface area (Å²) >= 11 is 6.02. The topological polar surface area (TPSA) is 122 Å². The van der Waals surface area contributed by atoms with Crippen molar-refractivity contribution in [3.8, 4) is 0 Å². The average Bonchev–Trinajstić information content (AvgIpc) is 3.57. The van der Waals surface area contributed by atoms with Gasteiger partial charge in [-0.1, -0.05) is 49.2 Å². The molecule has 0 aliphatic carbocycles. The second kappa shape index (κ2) is 16.3. The predicted molar refractivity (Wildman–Crippen MR) is 174 cm³/mol. The van der Waals surface area contributed by atoms with Gasteiger partial charge in [0.05, 0.1) is 6.04 Å². The fourth-order valence-electron chi connectivity index (χ4n) is 6.95. The standard InChI is InChI=1S/C34H42ClF4N5O5/c1-3-5-26-21-42(27(29(45)40-2)16-11-22-7-12-24(35)13-8-22)18-19-43(26)32(49)33(41-31(48)34(37,38)39,20-23-9-14-25(36)15-10-23)44-17-4-6-28(44)30(46)47/h7-10,12-15,26-28H,3-6,11,16-21H2,1-2H3,(H,40,45)(H,41,48)(H,46,47). The highest BCUT2D eigenvalue weighted by Crippen LogP contribution is 2.34. The number of carboxylic acid groups (broad SMARTS) is 1. The quantitative estimate of drug-likeness (QED) is 0.269. The summed E-state index contributed by atoms with van der Waals surface area (Å²) in [7, 11) is 1.53. The molecule has 2 aliphatic rings. The van der Waals surface area contributed by atoms with Gasteiger partial charge < -0.3 is 20.6 Å². The van der Waals surface area contributed by atoms with E-state index < -0.39 is 60.0 Å². The van der Waals surface area contributed by atoms with Crippen LogP contribution in [0, 0.1) is 5.82 Å². The molecule has 2 heterocycles. The summed E-state index contributed by atoms with van der Waals surface area (Å²) in [6, 6.07) is 9.48. The largest absolute Gasteiger partial charge is 0.480 e. The van der Waals surface area contributed by atoms with E-state index in [1.807, 2.05) is 29.3 Å². The van der Waals surface area contributed by atoms with Gasteiger partial charge in [-0.15, -0.1) is 0 Å². The number of carbonyl (C=O) groups is 4. The fraction of sp³-hybridized carbons (Fsp3) is 0.529. The van der Waals surface area contributed by atoms with Gasteiger partial charge in [-0.25, -0.2) is 4.39 Å². The first-order valence-corrected chi connectivity index (χ1v) is 16.7. The van der Waals surface area contributed by atoms with Crippen LogP contribution < -0.4 is 10.6 Å². The number of likely N-dealkylation sites (tertiary alicyclic amines) is 1. The Labute approximate surface area is 287 Å². The zero-order valence-corrected chi connectivity index (χ0v) is 28.2. The maximum absolute atomic E-state index is 14.9. The molecule has 3 amide bonds. The number of benzene rings is 2. The van der Waals surface area contributed by atoms with Crippen LogP contribution in [0.2, 0.25) is 5.02 Å². The number of carbonyl (C=O) groups excluding carboxylic acids is 3. The molecule has 0 radical (unpaired) electrons. The van der Waals surface area contributed by atoms with E-state index in [0.29, 0.717) is 30.7 Å². The highest BCUT2D eigenvalue weighted by molar-refractivity contribution is 6.30. The highest BCUT2D eigenvalue weighted by Gasteiger charge is 2.57. The average molecular weight is 712 g/mol.